The monoisotopic (exact) mass is 294 g/mol. The Bertz CT molecular complexity index is 468. The molecule has 2 aliphatic rings. The molecule has 1 aliphatic carbocycles. The van der Waals surface area contributed by atoms with Crippen molar-refractivity contribution in [2.24, 2.45) is 5.41 Å². The number of nitrogens with zero attached hydrogens (tertiary/aromatic N) is 2. The number of rotatable bonds is 3. The first kappa shape index (κ1) is 14.3. The van der Waals surface area contributed by atoms with Crippen LogP contribution in [-0.2, 0) is 11.3 Å². The van der Waals surface area contributed by atoms with Gasteiger partial charge in [-0.1, -0.05) is 18.0 Å². The first-order valence-corrected chi connectivity index (χ1v) is 7.95. The second kappa shape index (κ2) is 6.00. The van der Waals surface area contributed by atoms with Crippen molar-refractivity contribution in [3.8, 4) is 0 Å². The molecule has 4 heteroatoms. The van der Waals surface area contributed by atoms with Crippen LogP contribution in [0.5, 0.6) is 0 Å². The van der Waals surface area contributed by atoms with E-state index in [9.17, 15) is 0 Å². The maximum absolute atomic E-state index is 6.24. The van der Waals surface area contributed by atoms with Gasteiger partial charge in [-0.25, -0.2) is 0 Å². The summed E-state index contributed by atoms with van der Waals surface area (Å²) in [4.78, 5) is 6.61. The van der Waals surface area contributed by atoms with E-state index in [1.165, 1.54) is 37.7 Å². The topological polar surface area (TPSA) is 25.4 Å². The predicted molar refractivity (Wildman–Crippen MR) is 80.8 cm³/mol. The molecule has 2 fully saturated rings. The van der Waals surface area contributed by atoms with Crippen molar-refractivity contribution in [2.75, 3.05) is 20.2 Å². The Labute approximate surface area is 126 Å². The van der Waals surface area contributed by atoms with Crippen molar-refractivity contribution in [3.05, 3.63) is 29.0 Å². The number of likely N-dealkylation sites (tertiary alicyclic amines) is 1. The number of hydrogen-bond acceptors (Lipinski definition) is 3. The van der Waals surface area contributed by atoms with Crippen LogP contribution in [0.1, 0.15) is 37.7 Å². The Morgan fingerprint density at radius 1 is 1.45 bits per heavy atom. The van der Waals surface area contributed by atoms with E-state index in [-0.39, 0.29) is 0 Å². The van der Waals surface area contributed by atoms with Crippen LogP contribution in [0.25, 0.3) is 0 Å². The van der Waals surface area contributed by atoms with Crippen LogP contribution in [0, 0.1) is 5.41 Å². The van der Waals surface area contributed by atoms with Crippen LogP contribution < -0.4 is 0 Å². The van der Waals surface area contributed by atoms with Gasteiger partial charge in [0.2, 0.25) is 0 Å². The van der Waals surface area contributed by atoms with Gasteiger partial charge in [-0.2, -0.15) is 0 Å². The van der Waals surface area contributed by atoms with Gasteiger partial charge in [-0.05, 0) is 43.9 Å². The van der Waals surface area contributed by atoms with E-state index in [0.29, 0.717) is 11.5 Å². The smallest absolute Gasteiger partial charge is 0.0639 e. The van der Waals surface area contributed by atoms with Crippen LogP contribution in [0.15, 0.2) is 18.5 Å². The van der Waals surface area contributed by atoms with Crippen LogP contribution in [0.4, 0.5) is 0 Å². The van der Waals surface area contributed by atoms with Crippen LogP contribution in [0.2, 0.25) is 5.02 Å². The Kier molecular flexibility index (Phi) is 4.29. The number of hydrogen-bond donors (Lipinski definition) is 0. The molecule has 0 unspecified atom stereocenters. The number of pyridine rings is 1. The molecule has 2 atom stereocenters. The van der Waals surface area contributed by atoms with Crippen LogP contribution >= 0.6 is 11.6 Å². The maximum Gasteiger partial charge on any atom is 0.0639 e. The number of methoxy groups -OCH3 is 1. The molecule has 0 aromatic carbocycles. The standard InChI is InChI=1S/C16H23ClN2O/c1-20-15-4-2-6-16(15)7-3-9-19(12-16)11-13-5-8-18-10-14(13)17/h5,8,10,15H,2-4,6-7,9,11-12H2,1H3/t15-,16+/m1/s1. The largest absolute Gasteiger partial charge is 0.381 e. The highest BCUT2D eigenvalue weighted by molar-refractivity contribution is 6.31. The molecule has 0 bridgehead atoms. The molecule has 0 amide bonds. The molecule has 1 saturated carbocycles. The molecule has 1 aromatic heterocycles. The normalized spacial score (nSPS) is 31.0. The van der Waals surface area contributed by atoms with Crippen molar-refractivity contribution < 1.29 is 4.74 Å². The number of halogens is 1. The highest BCUT2D eigenvalue weighted by atomic mass is 35.5. The summed E-state index contributed by atoms with van der Waals surface area (Å²) < 4.78 is 5.76. The van der Waals surface area contributed by atoms with Gasteiger partial charge in [0.15, 0.2) is 0 Å². The van der Waals surface area contributed by atoms with E-state index < -0.39 is 0 Å². The maximum atomic E-state index is 6.24. The third kappa shape index (κ3) is 2.72. The summed E-state index contributed by atoms with van der Waals surface area (Å²) in [6.07, 6.45) is 10.4. The summed E-state index contributed by atoms with van der Waals surface area (Å²) in [6.45, 7) is 3.24. The van der Waals surface area contributed by atoms with Crippen molar-refractivity contribution in [1.82, 2.24) is 9.88 Å². The first-order valence-electron chi connectivity index (χ1n) is 7.57. The zero-order valence-corrected chi connectivity index (χ0v) is 12.9. The van der Waals surface area contributed by atoms with Gasteiger partial charge < -0.3 is 4.74 Å². The lowest BCUT2D eigenvalue weighted by Gasteiger charge is -2.43. The molecular weight excluding hydrogens is 272 g/mol. The fraction of sp³-hybridized carbons (Fsp3) is 0.688. The van der Waals surface area contributed by atoms with E-state index >= 15 is 0 Å². The van der Waals surface area contributed by atoms with Gasteiger partial charge in [0, 0.05) is 38.0 Å². The van der Waals surface area contributed by atoms with Gasteiger partial charge in [0.25, 0.3) is 0 Å². The first-order chi connectivity index (χ1) is 9.73. The summed E-state index contributed by atoms with van der Waals surface area (Å²) >= 11 is 6.24. The summed E-state index contributed by atoms with van der Waals surface area (Å²) in [5.41, 5.74) is 1.57. The van der Waals surface area contributed by atoms with Crippen LogP contribution in [-0.4, -0.2) is 36.2 Å². The molecule has 20 heavy (non-hydrogen) atoms. The zero-order valence-electron chi connectivity index (χ0n) is 12.1. The lowest BCUT2D eigenvalue weighted by molar-refractivity contribution is -0.0366. The van der Waals surface area contributed by atoms with Crippen molar-refractivity contribution in [1.29, 1.82) is 0 Å². The lowest BCUT2D eigenvalue weighted by Crippen LogP contribution is -2.47. The van der Waals surface area contributed by atoms with Crippen molar-refractivity contribution >= 4 is 11.6 Å². The quantitative estimate of drug-likeness (QED) is 0.853. The molecule has 2 heterocycles. The van der Waals surface area contributed by atoms with Gasteiger partial charge in [0.1, 0.15) is 0 Å². The highest BCUT2D eigenvalue weighted by Crippen LogP contribution is 2.46. The molecule has 1 saturated heterocycles. The van der Waals surface area contributed by atoms with E-state index in [2.05, 4.69) is 9.88 Å². The molecule has 1 spiro atoms. The third-order valence-electron chi connectivity index (χ3n) is 5.05. The highest BCUT2D eigenvalue weighted by Gasteiger charge is 2.45. The summed E-state index contributed by atoms with van der Waals surface area (Å²) in [7, 11) is 1.87. The van der Waals surface area contributed by atoms with E-state index in [0.717, 1.165) is 24.7 Å². The molecule has 0 radical (unpaired) electrons. The van der Waals surface area contributed by atoms with E-state index in [4.69, 9.17) is 16.3 Å². The summed E-state index contributed by atoms with van der Waals surface area (Å²) in [6, 6.07) is 2.03. The van der Waals surface area contributed by atoms with Gasteiger partial charge in [-0.3, -0.25) is 9.88 Å². The second-order valence-corrected chi connectivity index (χ2v) is 6.67. The molecule has 3 nitrogen and oxygen atoms in total. The molecule has 1 aromatic rings. The Morgan fingerprint density at radius 2 is 2.30 bits per heavy atom. The minimum absolute atomic E-state index is 0.381. The number of aromatic nitrogens is 1. The molecule has 0 N–H and O–H groups in total. The Morgan fingerprint density at radius 3 is 3.10 bits per heavy atom. The van der Waals surface area contributed by atoms with Crippen molar-refractivity contribution in [2.45, 2.75) is 44.8 Å². The van der Waals surface area contributed by atoms with Gasteiger partial charge in [-0.15, -0.1) is 0 Å². The fourth-order valence-corrected chi connectivity index (χ4v) is 4.29. The molecule has 110 valence electrons. The Hall–Kier alpha value is -0.640. The van der Waals surface area contributed by atoms with Crippen molar-refractivity contribution in [3.63, 3.8) is 0 Å². The molecule has 1 aliphatic heterocycles. The summed E-state index contributed by atoms with van der Waals surface area (Å²) in [5.74, 6) is 0. The van der Waals surface area contributed by atoms with Crippen LogP contribution in [0.3, 0.4) is 0 Å². The Balaban J connectivity index is 1.71. The van der Waals surface area contributed by atoms with Gasteiger partial charge in [0.05, 0.1) is 11.1 Å². The number of piperidine rings is 1. The summed E-state index contributed by atoms with van der Waals surface area (Å²) in [5, 5.41) is 0.779. The fourth-order valence-electron chi connectivity index (χ4n) is 4.11. The second-order valence-electron chi connectivity index (χ2n) is 6.26. The molecule has 3 rings (SSSR count). The minimum atomic E-state index is 0.381. The minimum Gasteiger partial charge on any atom is -0.381 e. The molecular formula is C16H23ClN2O. The predicted octanol–water partition coefficient (Wildman–Crippen LogP) is 3.52. The number of ether oxygens (including phenoxy) is 1. The average molecular weight is 295 g/mol. The average Bonchev–Trinajstić information content (AvgIpc) is 2.83. The van der Waals surface area contributed by atoms with Gasteiger partial charge >= 0.3 is 0 Å². The SMILES string of the molecule is CO[C@@H]1CCC[C@@]12CCCN(Cc1ccncc1Cl)C2. The third-order valence-corrected chi connectivity index (χ3v) is 5.39. The van der Waals surface area contributed by atoms with E-state index in [1.54, 1.807) is 6.20 Å². The lowest BCUT2D eigenvalue weighted by atomic mass is 9.76. The van der Waals surface area contributed by atoms with E-state index in [1.807, 2.05) is 19.4 Å². The zero-order chi connectivity index (χ0) is 14.0.